The van der Waals surface area contributed by atoms with Crippen molar-refractivity contribution in [3.05, 3.63) is 55.4 Å². The maximum absolute atomic E-state index is 11.9. The van der Waals surface area contributed by atoms with E-state index in [1.165, 1.54) is 18.2 Å². The molecule has 2 aromatic rings. The van der Waals surface area contributed by atoms with Crippen molar-refractivity contribution in [1.29, 1.82) is 0 Å². The van der Waals surface area contributed by atoms with Crippen LogP contribution in [0.3, 0.4) is 0 Å². The van der Waals surface area contributed by atoms with Crippen LogP contribution in [-0.4, -0.2) is 10.8 Å². The van der Waals surface area contributed by atoms with E-state index in [1.807, 2.05) is 0 Å². The summed E-state index contributed by atoms with van der Waals surface area (Å²) in [4.78, 5) is 22.3. The number of amides is 1. The third kappa shape index (κ3) is 3.00. The van der Waals surface area contributed by atoms with E-state index in [0.717, 1.165) is 0 Å². The summed E-state index contributed by atoms with van der Waals surface area (Å²) >= 11 is 8.82. The zero-order chi connectivity index (χ0) is 14.9. The van der Waals surface area contributed by atoms with Gasteiger partial charge in [0.05, 0.1) is 10.6 Å². The summed E-state index contributed by atoms with van der Waals surface area (Å²) in [6.07, 6.45) is 0. The quantitative estimate of drug-likeness (QED) is 0.658. The van der Waals surface area contributed by atoms with Crippen LogP contribution < -0.4 is 5.32 Å². The number of aryl methyl sites for hydroxylation is 1. The fourth-order valence-electron chi connectivity index (χ4n) is 1.57. The predicted octanol–water partition coefficient (Wildman–Crippen LogP) is 4.16. The van der Waals surface area contributed by atoms with E-state index < -0.39 is 10.8 Å². The van der Waals surface area contributed by atoms with Crippen LogP contribution in [0.2, 0.25) is 5.22 Å². The van der Waals surface area contributed by atoms with Gasteiger partial charge in [0.2, 0.25) is 0 Å². The Hall–Kier alpha value is -1.86. The van der Waals surface area contributed by atoms with Gasteiger partial charge < -0.3 is 9.73 Å². The van der Waals surface area contributed by atoms with E-state index >= 15 is 0 Å². The second-order valence-corrected chi connectivity index (χ2v) is 5.16. The zero-order valence-electron chi connectivity index (χ0n) is 10.1. The van der Waals surface area contributed by atoms with Gasteiger partial charge in [-0.15, -0.1) is 0 Å². The normalized spacial score (nSPS) is 10.3. The summed E-state index contributed by atoms with van der Waals surface area (Å²) < 4.78 is 5.50. The highest BCUT2D eigenvalue weighted by atomic mass is 79.9. The van der Waals surface area contributed by atoms with Crippen LogP contribution in [0.5, 0.6) is 0 Å². The molecule has 0 saturated heterocycles. The van der Waals surface area contributed by atoms with Crippen LogP contribution in [0.1, 0.15) is 16.1 Å². The van der Waals surface area contributed by atoms with Crippen molar-refractivity contribution in [2.45, 2.75) is 6.92 Å². The van der Waals surface area contributed by atoms with Crippen LogP contribution in [0.4, 0.5) is 11.4 Å². The Kier molecular flexibility index (Phi) is 4.10. The second kappa shape index (κ2) is 5.64. The number of nitro benzene ring substituents is 1. The number of carbonyl (C=O) groups excluding carboxylic acids is 1. The molecule has 1 heterocycles. The zero-order valence-corrected chi connectivity index (χ0v) is 12.5. The molecule has 0 unspecified atom stereocenters. The predicted molar refractivity (Wildman–Crippen MR) is 77.2 cm³/mol. The molecule has 0 atom stereocenters. The number of furan rings is 1. The average molecular weight is 360 g/mol. The minimum Gasteiger partial charge on any atom is -0.440 e. The van der Waals surface area contributed by atoms with Crippen molar-refractivity contribution in [3.63, 3.8) is 0 Å². The third-order valence-corrected chi connectivity index (χ3v) is 3.39. The Bertz CT molecular complexity index is 699. The number of rotatable bonds is 3. The van der Waals surface area contributed by atoms with Gasteiger partial charge in [0.1, 0.15) is 0 Å². The van der Waals surface area contributed by atoms with Crippen LogP contribution >= 0.6 is 27.5 Å². The van der Waals surface area contributed by atoms with Crippen molar-refractivity contribution in [3.8, 4) is 0 Å². The third-order valence-electron chi connectivity index (χ3n) is 2.53. The lowest BCUT2D eigenvalue weighted by Gasteiger charge is -2.07. The molecule has 0 bridgehead atoms. The second-order valence-electron chi connectivity index (χ2n) is 3.93. The summed E-state index contributed by atoms with van der Waals surface area (Å²) in [5.74, 6) is -0.527. The van der Waals surface area contributed by atoms with Crippen LogP contribution in [0, 0.1) is 17.0 Å². The number of halogens is 2. The molecule has 0 aliphatic carbocycles. The van der Waals surface area contributed by atoms with Gasteiger partial charge in [-0.25, -0.2) is 0 Å². The first kappa shape index (κ1) is 14.5. The lowest BCUT2D eigenvalue weighted by Crippen LogP contribution is -2.11. The summed E-state index contributed by atoms with van der Waals surface area (Å²) in [5, 5.41) is 13.5. The number of nitro groups is 1. The number of benzene rings is 1. The van der Waals surface area contributed by atoms with Gasteiger partial charge in [-0.2, -0.15) is 0 Å². The Balaban J connectivity index is 2.31. The molecule has 1 amide bonds. The minimum absolute atomic E-state index is 0.0186. The Morgan fingerprint density at radius 2 is 2.15 bits per heavy atom. The highest BCUT2D eigenvalue weighted by molar-refractivity contribution is 9.10. The van der Waals surface area contributed by atoms with E-state index in [4.69, 9.17) is 16.0 Å². The van der Waals surface area contributed by atoms with E-state index in [1.54, 1.807) is 13.0 Å². The molecular formula is C12H8BrClN2O4. The van der Waals surface area contributed by atoms with E-state index in [0.29, 0.717) is 10.0 Å². The topological polar surface area (TPSA) is 85.4 Å². The lowest BCUT2D eigenvalue weighted by atomic mass is 10.2. The largest absolute Gasteiger partial charge is 0.440 e. The molecule has 20 heavy (non-hydrogen) atoms. The number of carbonyl (C=O) groups is 1. The lowest BCUT2D eigenvalue weighted by molar-refractivity contribution is -0.385. The van der Waals surface area contributed by atoms with Crippen molar-refractivity contribution in [1.82, 2.24) is 0 Å². The molecule has 0 spiro atoms. The van der Waals surface area contributed by atoms with Crippen LogP contribution in [-0.2, 0) is 0 Å². The molecule has 0 aliphatic heterocycles. The van der Waals surface area contributed by atoms with E-state index in [-0.39, 0.29) is 22.4 Å². The number of nitrogens with one attached hydrogen (secondary N) is 1. The van der Waals surface area contributed by atoms with E-state index in [9.17, 15) is 14.9 Å². The van der Waals surface area contributed by atoms with Gasteiger partial charge in [0, 0.05) is 16.1 Å². The maximum atomic E-state index is 11.9. The molecular weight excluding hydrogens is 351 g/mol. The molecule has 0 saturated carbocycles. The summed E-state index contributed by atoms with van der Waals surface area (Å²) in [5.41, 5.74) is 0.682. The van der Waals surface area contributed by atoms with E-state index in [2.05, 4.69) is 21.2 Å². The molecule has 104 valence electrons. The Morgan fingerprint density at radius 1 is 1.45 bits per heavy atom. The van der Waals surface area contributed by atoms with Crippen molar-refractivity contribution < 1.29 is 14.1 Å². The first-order chi connectivity index (χ1) is 9.38. The minimum atomic E-state index is -0.546. The molecule has 0 fully saturated rings. The summed E-state index contributed by atoms with van der Waals surface area (Å²) in [7, 11) is 0. The maximum Gasteiger partial charge on any atom is 0.291 e. The number of hydrogen-bond acceptors (Lipinski definition) is 4. The van der Waals surface area contributed by atoms with Gasteiger partial charge >= 0.3 is 0 Å². The van der Waals surface area contributed by atoms with Gasteiger partial charge in [0.25, 0.3) is 11.6 Å². The van der Waals surface area contributed by atoms with Crippen LogP contribution in [0.25, 0.3) is 0 Å². The Labute approximate surface area is 127 Å². The molecule has 1 N–H and O–H groups in total. The molecule has 1 aromatic heterocycles. The molecule has 0 aliphatic rings. The van der Waals surface area contributed by atoms with Crippen molar-refractivity contribution >= 4 is 44.8 Å². The van der Waals surface area contributed by atoms with Gasteiger partial charge in [-0.05, 0) is 52.7 Å². The monoisotopic (exact) mass is 358 g/mol. The number of hydrogen-bond donors (Lipinski definition) is 1. The average Bonchev–Trinajstić information content (AvgIpc) is 2.79. The summed E-state index contributed by atoms with van der Waals surface area (Å²) in [6.45, 7) is 1.61. The molecule has 0 radical (unpaired) electrons. The standard InChI is InChI=1S/C12H8BrClN2O4/c1-6-4-7(13)8(5-9(6)16(18)19)15-12(17)10-2-3-11(14)20-10/h2-5H,1H3,(H,15,17). The smallest absolute Gasteiger partial charge is 0.291 e. The fourth-order valence-corrected chi connectivity index (χ4v) is 2.28. The number of nitrogens with zero attached hydrogens (tertiary/aromatic N) is 1. The van der Waals surface area contributed by atoms with Gasteiger partial charge in [0.15, 0.2) is 11.0 Å². The highest BCUT2D eigenvalue weighted by Crippen LogP contribution is 2.31. The van der Waals surface area contributed by atoms with Crippen LogP contribution in [0.15, 0.2) is 33.2 Å². The highest BCUT2D eigenvalue weighted by Gasteiger charge is 2.17. The summed E-state index contributed by atoms with van der Waals surface area (Å²) in [6, 6.07) is 5.68. The fraction of sp³-hybridized carbons (Fsp3) is 0.0833. The van der Waals surface area contributed by atoms with Crippen molar-refractivity contribution in [2.75, 3.05) is 5.32 Å². The number of anilines is 1. The first-order valence-electron chi connectivity index (χ1n) is 5.39. The molecule has 2 rings (SSSR count). The Morgan fingerprint density at radius 3 is 2.70 bits per heavy atom. The molecule has 8 heteroatoms. The first-order valence-corrected chi connectivity index (χ1v) is 6.57. The van der Waals surface area contributed by atoms with Gasteiger partial charge in [-0.1, -0.05) is 0 Å². The van der Waals surface area contributed by atoms with Gasteiger partial charge in [-0.3, -0.25) is 14.9 Å². The van der Waals surface area contributed by atoms with Crippen molar-refractivity contribution in [2.24, 2.45) is 0 Å². The molecule has 1 aromatic carbocycles. The SMILES string of the molecule is Cc1cc(Br)c(NC(=O)c2ccc(Cl)o2)cc1[N+](=O)[O-]. The molecule has 6 nitrogen and oxygen atoms in total.